The molecule has 5 nitrogen and oxygen atoms in total. The molecule has 0 aliphatic carbocycles. The topological polar surface area (TPSA) is 59.1 Å². The average molecular weight is 261 g/mol. The molecule has 0 unspecified atom stereocenters. The molecule has 0 radical (unpaired) electrons. The third kappa shape index (κ3) is 3.24. The van der Waals surface area contributed by atoms with Crippen molar-refractivity contribution in [3.05, 3.63) is 23.8 Å². The quantitative estimate of drug-likeness (QED) is 0.822. The monoisotopic (exact) mass is 261 g/mol. The smallest absolute Gasteiger partial charge is 0.203 e. The minimum Gasteiger partial charge on any atom is -0.354 e. The second-order valence-electron chi connectivity index (χ2n) is 5.10. The Balaban J connectivity index is 2.27. The van der Waals surface area contributed by atoms with Gasteiger partial charge in [-0.05, 0) is 38.7 Å². The van der Waals surface area contributed by atoms with E-state index in [1.165, 1.54) is 5.56 Å². The summed E-state index contributed by atoms with van der Waals surface area (Å²) in [6, 6.07) is 6.34. The van der Waals surface area contributed by atoms with Crippen LogP contribution in [0.3, 0.4) is 0 Å². The predicted molar refractivity (Wildman–Crippen MR) is 80.6 cm³/mol. The van der Waals surface area contributed by atoms with Gasteiger partial charge in [0.05, 0.1) is 11.0 Å². The minimum absolute atomic E-state index is 0.613. The van der Waals surface area contributed by atoms with Gasteiger partial charge in [-0.2, -0.15) is 0 Å². The number of nitrogens with zero attached hydrogens (tertiary/aromatic N) is 3. The molecule has 1 aromatic heterocycles. The lowest BCUT2D eigenvalue weighted by atomic mass is 10.2. The normalized spacial score (nSPS) is 11.4. The van der Waals surface area contributed by atoms with Crippen LogP contribution in [0, 0.1) is 6.92 Å². The second-order valence-corrected chi connectivity index (χ2v) is 5.10. The maximum atomic E-state index is 5.70. The van der Waals surface area contributed by atoms with Crippen LogP contribution in [-0.2, 0) is 6.54 Å². The lowest BCUT2D eigenvalue weighted by Crippen LogP contribution is -2.22. The molecule has 0 aliphatic rings. The molecule has 1 aromatic carbocycles. The molecule has 0 aliphatic heterocycles. The fourth-order valence-electron chi connectivity index (χ4n) is 2.12. The first-order valence-corrected chi connectivity index (χ1v) is 6.67. The molecule has 0 saturated heterocycles. The molecular formula is C14H23N5. The van der Waals surface area contributed by atoms with E-state index in [-0.39, 0.29) is 0 Å². The van der Waals surface area contributed by atoms with E-state index < -0.39 is 0 Å². The number of nitrogens with two attached hydrogens (primary N) is 1. The first-order valence-electron chi connectivity index (χ1n) is 6.67. The number of rotatable bonds is 6. The van der Waals surface area contributed by atoms with Crippen LogP contribution in [0.1, 0.15) is 5.56 Å². The minimum atomic E-state index is 0.613. The molecule has 3 N–H and O–H groups in total. The molecule has 0 spiro atoms. The van der Waals surface area contributed by atoms with Crippen molar-refractivity contribution in [2.24, 2.45) is 5.73 Å². The van der Waals surface area contributed by atoms with Gasteiger partial charge in [-0.1, -0.05) is 6.07 Å². The van der Waals surface area contributed by atoms with Crippen LogP contribution < -0.4 is 11.1 Å². The first-order chi connectivity index (χ1) is 9.11. The van der Waals surface area contributed by atoms with Crippen LogP contribution in [0.4, 0.5) is 5.95 Å². The van der Waals surface area contributed by atoms with E-state index in [0.717, 1.165) is 36.6 Å². The van der Waals surface area contributed by atoms with Gasteiger partial charge in [0.25, 0.3) is 0 Å². The summed E-state index contributed by atoms with van der Waals surface area (Å²) < 4.78 is 2.16. The number of anilines is 1. The van der Waals surface area contributed by atoms with Gasteiger partial charge >= 0.3 is 0 Å². The molecular weight excluding hydrogens is 238 g/mol. The van der Waals surface area contributed by atoms with Gasteiger partial charge in [-0.15, -0.1) is 0 Å². The van der Waals surface area contributed by atoms with Crippen molar-refractivity contribution >= 4 is 17.0 Å². The second kappa shape index (κ2) is 6.04. The number of hydrogen-bond donors (Lipinski definition) is 2. The number of imidazole rings is 1. The maximum Gasteiger partial charge on any atom is 0.203 e. The standard InChI is InChI=1S/C14H23N5/c1-11-4-5-13-12(10-11)17-14(19(13)8-6-15)16-7-9-18(2)3/h4-5,10H,6-9,15H2,1-3H3,(H,16,17). The van der Waals surface area contributed by atoms with Crippen LogP contribution in [0.25, 0.3) is 11.0 Å². The van der Waals surface area contributed by atoms with Gasteiger partial charge in [0.1, 0.15) is 0 Å². The molecule has 19 heavy (non-hydrogen) atoms. The average Bonchev–Trinajstić information content (AvgIpc) is 2.67. The number of benzene rings is 1. The lowest BCUT2D eigenvalue weighted by Gasteiger charge is -2.12. The van der Waals surface area contributed by atoms with E-state index >= 15 is 0 Å². The van der Waals surface area contributed by atoms with Crippen LogP contribution in [-0.4, -0.2) is 48.2 Å². The number of aryl methyl sites for hydroxylation is 1. The number of likely N-dealkylation sites (N-methyl/N-ethyl adjacent to an activating group) is 1. The highest BCUT2D eigenvalue weighted by atomic mass is 15.2. The predicted octanol–water partition coefficient (Wildman–Crippen LogP) is 1.28. The van der Waals surface area contributed by atoms with E-state index in [0.29, 0.717) is 6.54 Å². The Morgan fingerprint density at radius 1 is 1.37 bits per heavy atom. The zero-order valence-electron chi connectivity index (χ0n) is 12.0. The van der Waals surface area contributed by atoms with Crippen LogP contribution >= 0.6 is 0 Å². The molecule has 2 aromatic rings. The van der Waals surface area contributed by atoms with Crippen molar-refractivity contribution in [3.8, 4) is 0 Å². The van der Waals surface area contributed by atoms with Gasteiger partial charge in [0.2, 0.25) is 5.95 Å². The molecule has 0 saturated carbocycles. The molecule has 0 atom stereocenters. The van der Waals surface area contributed by atoms with Gasteiger partial charge in [-0.3, -0.25) is 0 Å². The number of hydrogen-bond acceptors (Lipinski definition) is 4. The summed E-state index contributed by atoms with van der Waals surface area (Å²) in [4.78, 5) is 6.81. The summed E-state index contributed by atoms with van der Waals surface area (Å²) in [6.45, 7) is 5.33. The van der Waals surface area contributed by atoms with E-state index in [1.54, 1.807) is 0 Å². The van der Waals surface area contributed by atoms with E-state index in [2.05, 4.69) is 59.0 Å². The van der Waals surface area contributed by atoms with E-state index in [1.807, 2.05) is 0 Å². The Kier molecular flexibility index (Phi) is 4.39. The Bertz CT molecular complexity index is 544. The summed E-state index contributed by atoms with van der Waals surface area (Å²) in [5.74, 6) is 0.910. The SMILES string of the molecule is Cc1ccc2c(c1)nc(NCCN(C)C)n2CCN. The Hall–Kier alpha value is -1.59. The van der Waals surface area contributed by atoms with Crippen molar-refractivity contribution in [3.63, 3.8) is 0 Å². The molecule has 0 amide bonds. The van der Waals surface area contributed by atoms with Gasteiger partial charge in [-0.25, -0.2) is 4.98 Å². The van der Waals surface area contributed by atoms with Crippen molar-refractivity contribution < 1.29 is 0 Å². The molecule has 104 valence electrons. The molecule has 1 heterocycles. The van der Waals surface area contributed by atoms with Gasteiger partial charge in [0, 0.05) is 26.2 Å². The Morgan fingerprint density at radius 2 is 2.16 bits per heavy atom. The van der Waals surface area contributed by atoms with E-state index in [9.17, 15) is 0 Å². The van der Waals surface area contributed by atoms with Crippen molar-refractivity contribution in [2.45, 2.75) is 13.5 Å². The highest BCUT2D eigenvalue weighted by Gasteiger charge is 2.09. The van der Waals surface area contributed by atoms with Crippen LogP contribution in [0.5, 0.6) is 0 Å². The van der Waals surface area contributed by atoms with Crippen molar-refractivity contribution in [1.29, 1.82) is 0 Å². The summed E-state index contributed by atoms with van der Waals surface area (Å²) in [5, 5.41) is 3.39. The summed E-state index contributed by atoms with van der Waals surface area (Å²) >= 11 is 0. The number of nitrogens with one attached hydrogen (secondary N) is 1. The fourth-order valence-corrected chi connectivity index (χ4v) is 2.12. The van der Waals surface area contributed by atoms with Gasteiger partial charge in [0.15, 0.2) is 0 Å². The third-order valence-corrected chi connectivity index (χ3v) is 3.10. The Labute approximate surface area is 114 Å². The maximum absolute atomic E-state index is 5.70. The fraction of sp³-hybridized carbons (Fsp3) is 0.500. The van der Waals surface area contributed by atoms with Crippen LogP contribution in [0.2, 0.25) is 0 Å². The largest absolute Gasteiger partial charge is 0.354 e. The molecule has 0 fully saturated rings. The highest BCUT2D eigenvalue weighted by Crippen LogP contribution is 2.20. The van der Waals surface area contributed by atoms with Gasteiger partial charge < -0.3 is 20.5 Å². The number of aromatic nitrogens is 2. The summed E-state index contributed by atoms with van der Waals surface area (Å²) in [7, 11) is 4.13. The molecule has 5 heteroatoms. The summed E-state index contributed by atoms with van der Waals surface area (Å²) in [5.41, 5.74) is 9.10. The number of fused-ring (bicyclic) bond motifs is 1. The lowest BCUT2D eigenvalue weighted by molar-refractivity contribution is 0.424. The molecule has 0 bridgehead atoms. The van der Waals surface area contributed by atoms with Crippen LogP contribution in [0.15, 0.2) is 18.2 Å². The molecule has 2 rings (SSSR count). The third-order valence-electron chi connectivity index (χ3n) is 3.10. The van der Waals surface area contributed by atoms with Crippen molar-refractivity contribution in [2.75, 3.05) is 39.0 Å². The van der Waals surface area contributed by atoms with E-state index in [4.69, 9.17) is 5.73 Å². The zero-order chi connectivity index (χ0) is 13.8. The van der Waals surface area contributed by atoms with Crippen molar-refractivity contribution in [1.82, 2.24) is 14.5 Å². The Morgan fingerprint density at radius 3 is 2.84 bits per heavy atom. The zero-order valence-corrected chi connectivity index (χ0v) is 12.0. The first kappa shape index (κ1) is 13.8. The summed E-state index contributed by atoms with van der Waals surface area (Å²) in [6.07, 6.45) is 0. The highest BCUT2D eigenvalue weighted by molar-refractivity contribution is 5.79.